The first-order valence-corrected chi connectivity index (χ1v) is 4.02. The summed E-state index contributed by atoms with van der Waals surface area (Å²) in [6, 6.07) is 3.04. The fourth-order valence-corrected chi connectivity index (χ4v) is 1.01. The molecule has 0 spiro atoms. The van der Waals surface area contributed by atoms with Crippen molar-refractivity contribution in [2.45, 2.75) is 44.7 Å². The molecule has 56 valence electrons. The highest BCUT2D eigenvalue weighted by atomic mass is 15.0. The lowest BCUT2D eigenvalue weighted by Crippen LogP contribution is -2.29. The Morgan fingerprint density at radius 1 is 1.70 bits per heavy atom. The van der Waals surface area contributed by atoms with Crippen molar-refractivity contribution in [1.82, 2.24) is 5.32 Å². The van der Waals surface area contributed by atoms with Gasteiger partial charge in [0.05, 0.1) is 12.1 Å². The first-order valence-electron chi connectivity index (χ1n) is 4.02. The molecule has 0 aromatic rings. The molecule has 0 heterocycles. The van der Waals surface area contributed by atoms with E-state index >= 15 is 0 Å². The van der Waals surface area contributed by atoms with Crippen LogP contribution in [0.4, 0.5) is 0 Å². The predicted molar refractivity (Wildman–Crippen MR) is 40.5 cm³/mol. The number of hydrogen-bond acceptors (Lipinski definition) is 2. The van der Waals surface area contributed by atoms with Crippen LogP contribution in [0.25, 0.3) is 0 Å². The van der Waals surface area contributed by atoms with Gasteiger partial charge < -0.3 is 0 Å². The number of rotatable bonds is 4. The second-order valence-electron chi connectivity index (χ2n) is 2.91. The van der Waals surface area contributed by atoms with Crippen LogP contribution in [0.1, 0.15) is 32.6 Å². The van der Waals surface area contributed by atoms with Crippen LogP contribution in [0.3, 0.4) is 0 Å². The fourth-order valence-electron chi connectivity index (χ4n) is 1.01. The van der Waals surface area contributed by atoms with Crippen LogP contribution in [0.15, 0.2) is 0 Å². The lowest BCUT2D eigenvalue weighted by molar-refractivity contribution is 0.555. The maximum atomic E-state index is 8.62. The van der Waals surface area contributed by atoms with E-state index in [4.69, 9.17) is 5.26 Å². The normalized spacial score (nSPS) is 20.0. The van der Waals surface area contributed by atoms with Crippen molar-refractivity contribution in [1.29, 1.82) is 5.26 Å². The highest BCUT2D eigenvalue weighted by Gasteiger charge is 2.23. The molecule has 0 aromatic carbocycles. The van der Waals surface area contributed by atoms with Crippen molar-refractivity contribution in [2.24, 2.45) is 0 Å². The molecule has 1 aliphatic carbocycles. The molecule has 0 amide bonds. The Bertz CT molecular complexity index is 133. The smallest absolute Gasteiger partial charge is 0.0955 e. The summed E-state index contributed by atoms with van der Waals surface area (Å²) in [4.78, 5) is 0. The quantitative estimate of drug-likeness (QED) is 0.638. The van der Waals surface area contributed by atoms with Crippen LogP contribution >= 0.6 is 0 Å². The minimum atomic E-state index is 0.109. The van der Waals surface area contributed by atoms with E-state index in [1.54, 1.807) is 0 Å². The summed E-state index contributed by atoms with van der Waals surface area (Å²) in [7, 11) is 0. The van der Waals surface area contributed by atoms with Crippen molar-refractivity contribution >= 4 is 0 Å². The van der Waals surface area contributed by atoms with Crippen LogP contribution in [0, 0.1) is 11.3 Å². The monoisotopic (exact) mass is 138 g/mol. The molecule has 0 aromatic heterocycles. The molecule has 0 bridgehead atoms. The average Bonchev–Trinajstić information content (AvgIpc) is 2.71. The van der Waals surface area contributed by atoms with E-state index in [-0.39, 0.29) is 6.04 Å². The Balaban J connectivity index is 2.13. The summed E-state index contributed by atoms with van der Waals surface area (Å²) in [5.41, 5.74) is 0. The number of nitriles is 1. The topological polar surface area (TPSA) is 35.8 Å². The zero-order chi connectivity index (χ0) is 7.40. The standard InChI is InChI=1S/C8H14N2/c1-2-3-8(6-9)10-7-4-5-7/h7-8,10H,2-5H2,1H3. The third-order valence-corrected chi connectivity index (χ3v) is 1.75. The van der Waals surface area contributed by atoms with Crippen LogP contribution < -0.4 is 5.32 Å². The second-order valence-corrected chi connectivity index (χ2v) is 2.91. The molecule has 0 saturated heterocycles. The Labute approximate surface area is 62.2 Å². The lowest BCUT2D eigenvalue weighted by Gasteiger charge is -2.07. The van der Waals surface area contributed by atoms with E-state index in [1.165, 1.54) is 12.8 Å². The molecule has 1 rings (SSSR count). The van der Waals surface area contributed by atoms with Crippen LogP contribution in [0.5, 0.6) is 0 Å². The SMILES string of the molecule is CCCC(C#N)NC1CC1. The van der Waals surface area contributed by atoms with E-state index in [2.05, 4.69) is 18.3 Å². The van der Waals surface area contributed by atoms with Gasteiger partial charge in [-0.05, 0) is 19.3 Å². The number of hydrogen-bond donors (Lipinski definition) is 1. The zero-order valence-corrected chi connectivity index (χ0v) is 6.43. The van der Waals surface area contributed by atoms with Crippen molar-refractivity contribution in [2.75, 3.05) is 0 Å². The predicted octanol–water partition coefficient (Wildman–Crippen LogP) is 1.43. The molecule has 0 aliphatic heterocycles. The molecule has 1 saturated carbocycles. The highest BCUT2D eigenvalue weighted by Crippen LogP contribution is 2.19. The molecular weight excluding hydrogens is 124 g/mol. The van der Waals surface area contributed by atoms with Crippen LogP contribution in [0.2, 0.25) is 0 Å². The minimum absolute atomic E-state index is 0.109. The molecule has 1 fully saturated rings. The first-order chi connectivity index (χ1) is 4.86. The van der Waals surface area contributed by atoms with Crippen molar-refractivity contribution in [3.05, 3.63) is 0 Å². The largest absolute Gasteiger partial charge is 0.299 e. The summed E-state index contributed by atoms with van der Waals surface area (Å²) in [5.74, 6) is 0. The summed E-state index contributed by atoms with van der Waals surface area (Å²) in [6.45, 7) is 2.11. The Kier molecular flexibility index (Phi) is 2.70. The van der Waals surface area contributed by atoms with Gasteiger partial charge in [-0.2, -0.15) is 5.26 Å². The van der Waals surface area contributed by atoms with E-state index in [0.717, 1.165) is 12.8 Å². The molecule has 0 radical (unpaired) electrons. The molecule has 10 heavy (non-hydrogen) atoms. The molecule has 1 unspecified atom stereocenters. The second kappa shape index (κ2) is 3.58. The van der Waals surface area contributed by atoms with Crippen LogP contribution in [-0.2, 0) is 0 Å². The molecule has 2 heteroatoms. The first kappa shape index (κ1) is 7.56. The third kappa shape index (κ3) is 2.36. The van der Waals surface area contributed by atoms with Gasteiger partial charge in [-0.1, -0.05) is 13.3 Å². The average molecular weight is 138 g/mol. The maximum Gasteiger partial charge on any atom is 0.0955 e. The van der Waals surface area contributed by atoms with Crippen molar-refractivity contribution < 1.29 is 0 Å². The van der Waals surface area contributed by atoms with Gasteiger partial charge in [0.15, 0.2) is 0 Å². The van der Waals surface area contributed by atoms with E-state index in [0.29, 0.717) is 6.04 Å². The van der Waals surface area contributed by atoms with Gasteiger partial charge >= 0.3 is 0 Å². The summed E-state index contributed by atoms with van der Waals surface area (Å²) < 4.78 is 0. The fraction of sp³-hybridized carbons (Fsp3) is 0.875. The summed E-state index contributed by atoms with van der Waals surface area (Å²) in [6.07, 6.45) is 4.62. The summed E-state index contributed by atoms with van der Waals surface area (Å²) >= 11 is 0. The van der Waals surface area contributed by atoms with E-state index in [9.17, 15) is 0 Å². The van der Waals surface area contributed by atoms with Crippen molar-refractivity contribution in [3.8, 4) is 6.07 Å². The molecular formula is C8H14N2. The minimum Gasteiger partial charge on any atom is -0.299 e. The van der Waals surface area contributed by atoms with Crippen LogP contribution in [-0.4, -0.2) is 12.1 Å². The molecule has 1 atom stereocenters. The lowest BCUT2D eigenvalue weighted by atomic mass is 10.2. The van der Waals surface area contributed by atoms with Gasteiger partial charge in [-0.15, -0.1) is 0 Å². The third-order valence-electron chi connectivity index (χ3n) is 1.75. The number of nitrogens with zero attached hydrogens (tertiary/aromatic N) is 1. The van der Waals surface area contributed by atoms with Gasteiger partial charge in [-0.25, -0.2) is 0 Å². The molecule has 1 N–H and O–H groups in total. The van der Waals surface area contributed by atoms with Gasteiger partial charge in [0.2, 0.25) is 0 Å². The Morgan fingerprint density at radius 3 is 2.80 bits per heavy atom. The van der Waals surface area contributed by atoms with Gasteiger partial charge in [-0.3, -0.25) is 5.32 Å². The van der Waals surface area contributed by atoms with Crippen molar-refractivity contribution in [3.63, 3.8) is 0 Å². The van der Waals surface area contributed by atoms with Gasteiger partial charge in [0, 0.05) is 6.04 Å². The van der Waals surface area contributed by atoms with Gasteiger partial charge in [0.1, 0.15) is 0 Å². The highest BCUT2D eigenvalue weighted by molar-refractivity contribution is 4.95. The van der Waals surface area contributed by atoms with Gasteiger partial charge in [0.25, 0.3) is 0 Å². The molecule has 1 aliphatic rings. The Morgan fingerprint density at radius 2 is 2.40 bits per heavy atom. The zero-order valence-electron chi connectivity index (χ0n) is 6.43. The maximum absolute atomic E-state index is 8.62. The molecule has 2 nitrogen and oxygen atoms in total. The number of nitrogens with one attached hydrogen (secondary N) is 1. The Hall–Kier alpha value is -0.550. The van der Waals surface area contributed by atoms with E-state index < -0.39 is 0 Å². The van der Waals surface area contributed by atoms with E-state index in [1.807, 2.05) is 0 Å². The summed E-state index contributed by atoms with van der Waals surface area (Å²) in [5, 5.41) is 11.9.